The van der Waals surface area contributed by atoms with Gasteiger partial charge in [-0.1, -0.05) is 102 Å². The standard InChI is InChI=1S/C80H144N4O34/c1-2-3-4-5-6-7-8-9-10-11-12-13-14-15-16-17-18-19-20-21-22-23-24-67(91)84-80(58-110-31-25-64(88)81-28-34-101-37-40-104-43-46-107-49-52-113-77-74(98)71(95)68(92)61(55-85)116-77,59-111-32-26-65(89)82-29-35-102-38-41-105-44-47-108-50-53-114-78-75(99)72(96)69(93)62(56-86)117-78)60-112-33-27-66(90)83-30-36-103-39-42-106-45-48-109-51-54-115-79-76(100)73(97)70(94)63(57-87)118-79/h61-63,68-79,85-87,92-100H,2-12,17-60H2,1H3,(H,81,88)(H,82,89)(H,83,90)(H,84,91)/t61-,62-,63-,68-,69-,70-,71+,72+,73+,74+,75+,76+,77+,78+,79+/m1/s1. The molecule has 4 amide bonds. The Kier molecular flexibility index (Phi) is 66.0. The molecule has 0 unspecified atom stereocenters. The monoisotopic (exact) mass is 1700 g/mol. The van der Waals surface area contributed by atoms with Crippen molar-refractivity contribution in [1.29, 1.82) is 0 Å². The molecule has 16 N–H and O–H groups in total. The van der Waals surface area contributed by atoms with Crippen molar-refractivity contribution in [3.8, 4) is 23.7 Å². The Labute approximate surface area is 695 Å². The van der Waals surface area contributed by atoms with Gasteiger partial charge < -0.3 is 168 Å². The summed E-state index contributed by atoms with van der Waals surface area (Å²) in [5.41, 5.74) is -1.35. The molecule has 118 heavy (non-hydrogen) atoms. The van der Waals surface area contributed by atoms with Crippen LogP contribution in [0.15, 0.2) is 0 Å². The van der Waals surface area contributed by atoms with Gasteiger partial charge in [0.2, 0.25) is 23.6 Å². The molecule has 3 rings (SSSR count). The first-order chi connectivity index (χ1) is 57.4. The Morgan fingerprint density at radius 3 is 0.847 bits per heavy atom. The van der Waals surface area contributed by atoms with Gasteiger partial charge in [-0.3, -0.25) is 19.2 Å². The summed E-state index contributed by atoms with van der Waals surface area (Å²) < 4.78 is 100. The third kappa shape index (κ3) is 51.8. The van der Waals surface area contributed by atoms with E-state index >= 15 is 0 Å². The molecule has 15 atom stereocenters. The highest BCUT2D eigenvalue weighted by molar-refractivity contribution is 5.77. The number of hydrogen-bond donors (Lipinski definition) is 16. The predicted octanol–water partition coefficient (Wildman–Crippen LogP) is -2.55. The highest BCUT2D eigenvalue weighted by Crippen LogP contribution is 2.25. The molecule has 3 aliphatic heterocycles. The van der Waals surface area contributed by atoms with Crippen LogP contribution in [0.1, 0.15) is 148 Å². The van der Waals surface area contributed by atoms with Crippen LogP contribution in [0.4, 0.5) is 0 Å². The number of aliphatic hydroxyl groups excluding tert-OH is 12. The Morgan fingerprint density at radius 1 is 0.297 bits per heavy atom. The molecular weight excluding hydrogens is 1560 g/mol. The van der Waals surface area contributed by atoms with E-state index in [0.29, 0.717) is 6.42 Å². The normalized spacial score (nSPS) is 23.3. The molecule has 688 valence electrons. The SMILES string of the molecule is CCCCCCCCCCCCC#CC#CCCCCCCCCC(=O)NC(COCCC(=O)NCCOCCOCCOCCO[C@H]1O[C@H](CO)[C@@H](O)[C@H](O)[C@@H]1O)(COCCC(=O)NCCOCCOCCOCCO[C@H]1O[C@H](CO)[C@@H](O)[C@H](O)[C@@H]1O)COCCC(=O)NCCOCCOCCOCCO[C@H]1O[C@H](CO)[C@@H](O)[C@H](O)[C@@H]1O. The van der Waals surface area contributed by atoms with Gasteiger partial charge in [0.05, 0.1) is 198 Å². The van der Waals surface area contributed by atoms with Crippen LogP contribution in [-0.4, -0.2) is 400 Å². The van der Waals surface area contributed by atoms with E-state index in [9.17, 15) is 80.5 Å². The average Bonchev–Trinajstić information content (AvgIpc) is 0.826. The van der Waals surface area contributed by atoms with Gasteiger partial charge in [-0.05, 0) is 31.1 Å². The molecule has 0 aromatic heterocycles. The number of amides is 4. The summed E-state index contributed by atoms with van der Waals surface area (Å²) in [6, 6.07) is 0. The first-order valence-electron chi connectivity index (χ1n) is 42.2. The van der Waals surface area contributed by atoms with Gasteiger partial charge in [0.25, 0.3) is 0 Å². The van der Waals surface area contributed by atoms with Gasteiger partial charge in [0.15, 0.2) is 18.9 Å². The number of ether oxygens (including phenoxy) is 18. The number of rotatable bonds is 76. The third-order valence-corrected chi connectivity index (χ3v) is 18.8. The lowest BCUT2D eigenvalue weighted by Gasteiger charge is -2.39. The third-order valence-electron chi connectivity index (χ3n) is 18.8. The van der Waals surface area contributed by atoms with Crippen LogP contribution >= 0.6 is 0 Å². The summed E-state index contributed by atoms with van der Waals surface area (Å²) in [6.07, 6.45) is -0.971. The molecule has 38 heteroatoms. The van der Waals surface area contributed by atoms with Crippen molar-refractivity contribution in [2.45, 2.75) is 246 Å². The van der Waals surface area contributed by atoms with Crippen LogP contribution in [0, 0.1) is 23.7 Å². The van der Waals surface area contributed by atoms with Gasteiger partial charge in [-0.25, -0.2) is 0 Å². The minimum Gasteiger partial charge on any atom is -0.394 e. The quantitative estimate of drug-likeness (QED) is 0.0220. The molecule has 38 nitrogen and oxygen atoms in total. The number of nitrogens with one attached hydrogen (secondary N) is 4. The summed E-state index contributed by atoms with van der Waals surface area (Å²) in [5, 5.41) is 130. The van der Waals surface area contributed by atoms with E-state index in [4.69, 9.17) is 85.3 Å². The lowest BCUT2D eigenvalue weighted by Crippen LogP contribution is -2.59. The van der Waals surface area contributed by atoms with E-state index in [0.717, 1.165) is 51.4 Å². The summed E-state index contributed by atoms with van der Waals surface area (Å²) in [7, 11) is 0. The Hall–Kier alpha value is -4.20. The van der Waals surface area contributed by atoms with Gasteiger partial charge in [0.1, 0.15) is 78.8 Å². The zero-order valence-electron chi connectivity index (χ0n) is 69.4. The first-order valence-corrected chi connectivity index (χ1v) is 42.2. The van der Waals surface area contributed by atoms with Crippen molar-refractivity contribution < 1.29 is 166 Å². The van der Waals surface area contributed by atoms with Gasteiger partial charge >= 0.3 is 0 Å². The van der Waals surface area contributed by atoms with Crippen molar-refractivity contribution in [3.63, 3.8) is 0 Å². The largest absolute Gasteiger partial charge is 0.394 e. The lowest BCUT2D eigenvalue weighted by atomic mass is 9.99. The number of hydrogen-bond acceptors (Lipinski definition) is 34. The second-order valence-electron chi connectivity index (χ2n) is 28.7. The highest BCUT2D eigenvalue weighted by Gasteiger charge is 2.46. The van der Waals surface area contributed by atoms with Gasteiger partial charge in [0, 0.05) is 58.2 Å². The Bertz CT molecular complexity index is 2390. The maximum absolute atomic E-state index is 14.0. The molecular formula is C80H144N4O34. The Balaban J connectivity index is 1.48. The van der Waals surface area contributed by atoms with Crippen LogP contribution in [0.25, 0.3) is 0 Å². The molecule has 0 aliphatic carbocycles. The minimum absolute atomic E-state index is 0.00630. The summed E-state index contributed by atoms with van der Waals surface area (Å²) in [5.74, 6) is 11.1. The fourth-order valence-electron chi connectivity index (χ4n) is 12.0. The second kappa shape index (κ2) is 72.1. The predicted molar refractivity (Wildman–Crippen MR) is 422 cm³/mol. The molecule has 3 saturated heterocycles. The first kappa shape index (κ1) is 108. The van der Waals surface area contributed by atoms with Crippen LogP contribution in [-0.2, 0) is 104 Å². The molecule has 3 heterocycles. The molecule has 0 spiro atoms. The minimum atomic E-state index is -1.55. The van der Waals surface area contributed by atoms with Crippen molar-refractivity contribution in [1.82, 2.24) is 21.3 Å². The van der Waals surface area contributed by atoms with Gasteiger partial charge in [-0.2, -0.15) is 0 Å². The fourth-order valence-corrected chi connectivity index (χ4v) is 12.0. The van der Waals surface area contributed by atoms with Crippen molar-refractivity contribution in [3.05, 3.63) is 0 Å². The topological polar surface area (TPSA) is 525 Å². The van der Waals surface area contributed by atoms with Gasteiger partial charge in [-0.15, -0.1) is 0 Å². The van der Waals surface area contributed by atoms with E-state index < -0.39 is 117 Å². The van der Waals surface area contributed by atoms with E-state index in [1.165, 1.54) is 57.8 Å². The smallest absolute Gasteiger partial charge is 0.222 e. The van der Waals surface area contributed by atoms with E-state index in [2.05, 4.69) is 51.9 Å². The summed E-state index contributed by atoms with van der Waals surface area (Å²) >= 11 is 0. The maximum Gasteiger partial charge on any atom is 0.222 e. The van der Waals surface area contributed by atoms with E-state index in [1.807, 2.05) is 0 Å². The molecule has 0 bridgehead atoms. The molecule has 0 aromatic rings. The van der Waals surface area contributed by atoms with Crippen LogP contribution in [0.2, 0.25) is 0 Å². The van der Waals surface area contributed by atoms with E-state index in [-0.39, 0.29) is 247 Å². The zero-order valence-corrected chi connectivity index (χ0v) is 69.4. The summed E-state index contributed by atoms with van der Waals surface area (Å²) in [6.45, 7) is 3.90. The number of unbranched alkanes of at least 4 members (excludes halogenated alkanes) is 16. The Morgan fingerprint density at radius 2 is 0.559 bits per heavy atom. The fraction of sp³-hybridized carbons (Fsp3) is 0.900. The van der Waals surface area contributed by atoms with Crippen LogP contribution in [0.5, 0.6) is 0 Å². The molecule has 0 aromatic carbocycles. The van der Waals surface area contributed by atoms with Crippen molar-refractivity contribution >= 4 is 23.6 Å². The molecule has 3 aliphatic rings. The molecule has 0 saturated carbocycles. The second-order valence-corrected chi connectivity index (χ2v) is 28.7. The number of aliphatic hydroxyl groups is 12. The molecule has 3 fully saturated rings. The zero-order chi connectivity index (χ0) is 85.7. The van der Waals surface area contributed by atoms with E-state index in [1.54, 1.807) is 0 Å². The lowest BCUT2D eigenvalue weighted by molar-refractivity contribution is -0.302. The van der Waals surface area contributed by atoms with Crippen molar-refractivity contribution in [2.75, 3.05) is 218 Å². The van der Waals surface area contributed by atoms with Crippen LogP contribution < -0.4 is 21.3 Å². The number of carbonyl (C=O) groups excluding carboxylic acids is 4. The van der Waals surface area contributed by atoms with Crippen molar-refractivity contribution in [2.24, 2.45) is 0 Å². The van der Waals surface area contributed by atoms with Crippen LogP contribution in [0.3, 0.4) is 0 Å². The highest BCUT2D eigenvalue weighted by atomic mass is 16.7. The maximum atomic E-state index is 14.0. The average molecular weight is 1710 g/mol. The summed E-state index contributed by atoms with van der Waals surface area (Å²) in [4.78, 5) is 53.0. The number of carbonyl (C=O) groups is 4. The molecule has 0 radical (unpaired) electrons.